The Labute approximate surface area is 196 Å². The number of sulfonamides is 1. The number of anilines is 2. The smallest absolute Gasteiger partial charge is 0.269 e. The molecule has 0 fully saturated rings. The predicted octanol–water partition coefficient (Wildman–Crippen LogP) is 2.24. The van der Waals surface area contributed by atoms with E-state index in [0.29, 0.717) is 22.7 Å². The van der Waals surface area contributed by atoms with E-state index in [4.69, 9.17) is 10.00 Å². The Balaban J connectivity index is 1.56. The Kier molecular flexibility index (Phi) is 7.68. The first kappa shape index (κ1) is 24.1. The molecule has 0 aliphatic rings. The summed E-state index contributed by atoms with van der Waals surface area (Å²) in [5, 5.41) is 11.6. The van der Waals surface area contributed by atoms with Crippen LogP contribution in [0.25, 0.3) is 0 Å². The molecule has 0 radical (unpaired) electrons. The molecule has 4 N–H and O–H groups in total. The van der Waals surface area contributed by atoms with Crippen LogP contribution in [0.2, 0.25) is 0 Å². The number of hydrazine groups is 1. The van der Waals surface area contributed by atoms with Crippen LogP contribution in [0.5, 0.6) is 5.75 Å². The number of hydrogen-bond donors (Lipinski definition) is 4. The van der Waals surface area contributed by atoms with Gasteiger partial charge in [-0.2, -0.15) is 5.26 Å². The standard InChI is InChI=1S/C23H21N5O5S/c1-33-20-11-9-19(10-12-20)28-34(31,32)21-4-2-3-17(13-21)23(30)27-26-22(29)15-25-18-7-5-16(14-24)6-8-18/h2-13,25,28H,15H2,1H3,(H,26,29)(H,27,30). The zero-order valence-corrected chi connectivity index (χ0v) is 18.8. The van der Waals surface area contributed by atoms with Crippen LogP contribution in [-0.2, 0) is 14.8 Å². The summed E-state index contributed by atoms with van der Waals surface area (Å²) in [5.74, 6) is -0.633. The van der Waals surface area contributed by atoms with Gasteiger partial charge in [0.1, 0.15) is 5.75 Å². The molecule has 3 aromatic carbocycles. The molecule has 0 aliphatic heterocycles. The summed E-state index contributed by atoms with van der Waals surface area (Å²) in [7, 11) is -2.45. The van der Waals surface area contributed by atoms with Crippen molar-refractivity contribution in [1.29, 1.82) is 5.26 Å². The normalized spacial score (nSPS) is 10.5. The lowest BCUT2D eigenvalue weighted by atomic mass is 10.2. The summed E-state index contributed by atoms with van der Waals surface area (Å²) in [6.07, 6.45) is 0. The number of ether oxygens (including phenoxy) is 1. The summed E-state index contributed by atoms with van der Waals surface area (Å²) >= 11 is 0. The second-order valence-electron chi connectivity index (χ2n) is 6.91. The molecule has 0 unspecified atom stereocenters. The van der Waals surface area contributed by atoms with E-state index in [-0.39, 0.29) is 17.0 Å². The van der Waals surface area contributed by atoms with Crippen molar-refractivity contribution in [3.05, 3.63) is 83.9 Å². The Morgan fingerprint density at radius 1 is 0.941 bits per heavy atom. The number of nitrogens with zero attached hydrogens (tertiary/aromatic N) is 1. The molecule has 0 saturated carbocycles. The number of rotatable bonds is 8. The van der Waals surface area contributed by atoms with Crippen LogP contribution in [0.1, 0.15) is 15.9 Å². The van der Waals surface area contributed by atoms with Crippen molar-refractivity contribution in [2.75, 3.05) is 23.7 Å². The molecule has 0 spiro atoms. The molecule has 2 amide bonds. The van der Waals surface area contributed by atoms with Gasteiger partial charge >= 0.3 is 0 Å². The van der Waals surface area contributed by atoms with Crippen LogP contribution in [-0.4, -0.2) is 33.9 Å². The third kappa shape index (κ3) is 6.47. The molecule has 0 aliphatic carbocycles. The van der Waals surface area contributed by atoms with Gasteiger partial charge in [0.05, 0.1) is 30.2 Å². The summed E-state index contributed by atoms with van der Waals surface area (Å²) in [6, 6.07) is 20.2. The lowest BCUT2D eigenvalue weighted by Crippen LogP contribution is -2.44. The molecule has 11 heteroatoms. The highest BCUT2D eigenvalue weighted by atomic mass is 32.2. The van der Waals surface area contributed by atoms with Crippen LogP contribution >= 0.6 is 0 Å². The lowest BCUT2D eigenvalue weighted by Gasteiger charge is -2.11. The van der Waals surface area contributed by atoms with Gasteiger partial charge in [0, 0.05) is 16.9 Å². The van der Waals surface area contributed by atoms with Crippen molar-refractivity contribution >= 4 is 33.2 Å². The molecule has 3 aromatic rings. The van der Waals surface area contributed by atoms with E-state index < -0.39 is 21.8 Å². The van der Waals surface area contributed by atoms with Crippen molar-refractivity contribution in [3.8, 4) is 11.8 Å². The molecule has 0 bridgehead atoms. The van der Waals surface area contributed by atoms with Gasteiger partial charge in [-0.15, -0.1) is 0 Å². The molecule has 174 valence electrons. The van der Waals surface area contributed by atoms with Crippen LogP contribution < -0.4 is 25.6 Å². The summed E-state index contributed by atoms with van der Waals surface area (Å²) in [6.45, 7) is -0.133. The molecule has 3 rings (SSSR count). The fourth-order valence-electron chi connectivity index (χ4n) is 2.77. The molecule has 10 nitrogen and oxygen atoms in total. The number of carbonyl (C=O) groups excluding carboxylic acids is 2. The molecule has 0 aromatic heterocycles. The second-order valence-corrected chi connectivity index (χ2v) is 8.59. The molecule has 0 saturated heterocycles. The van der Waals surface area contributed by atoms with Gasteiger partial charge in [0.15, 0.2) is 0 Å². The maximum atomic E-state index is 12.7. The fourth-order valence-corrected chi connectivity index (χ4v) is 3.87. The van der Waals surface area contributed by atoms with Gasteiger partial charge in [-0.1, -0.05) is 6.07 Å². The Morgan fingerprint density at radius 2 is 1.62 bits per heavy atom. The topological polar surface area (TPSA) is 149 Å². The SMILES string of the molecule is COc1ccc(NS(=O)(=O)c2cccc(C(=O)NNC(=O)CNc3ccc(C#N)cc3)c2)cc1. The fraction of sp³-hybridized carbons (Fsp3) is 0.0870. The molecular formula is C23H21N5O5S. The minimum absolute atomic E-state index is 0.0398. The number of hydrogen-bond acceptors (Lipinski definition) is 7. The highest BCUT2D eigenvalue weighted by molar-refractivity contribution is 7.92. The van der Waals surface area contributed by atoms with Crippen molar-refractivity contribution in [2.45, 2.75) is 4.90 Å². The van der Waals surface area contributed by atoms with Crippen LogP contribution in [0.4, 0.5) is 11.4 Å². The average Bonchev–Trinajstić information content (AvgIpc) is 2.86. The van der Waals surface area contributed by atoms with Crippen LogP contribution in [0, 0.1) is 11.3 Å². The van der Waals surface area contributed by atoms with Crippen molar-refractivity contribution in [2.24, 2.45) is 0 Å². The number of carbonyl (C=O) groups is 2. The van der Waals surface area contributed by atoms with Gasteiger partial charge < -0.3 is 10.1 Å². The van der Waals surface area contributed by atoms with Crippen LogP contribution in [0.3, 0.4) is 0 Å². The van der Waals surface area contributed by atoms with Gasteiger partial charge in [0.25, 0.3) is 21.8 Å². The zero-order chi connectivity index (χ0) is 24.6. The van der Waals surface area contributed by atoms with Crippen molar-refractivity contribution < 1.29 is 22.7 Å². The monoisotopic (exact) mass is 479 g/mol. The van der Waals surface area contributed by atoms with E-state index in [1.807, 2.05) is 6.07 Å². The zero-order valence-electron chi connectivity index (χ0n) is 18.0. The Morgan fingerprint density at radius 3 is 2.26 bits per heavy atom. The molecular weight excluding hydrogens is 458 g/mol. The van der Waals surface area contributed by atoms with Gasteiger partial charge in [-0.05, 0) is 66.7 Å². The first-order valence-corrected chi connectivity index (χ1v) is 11.4. The number of nitrogens with one attached hydrogen (secondary N) is 4. The highest BCUT2D eigenvalue weighted by Crippen LogP contribution is 2.20. The largest absolute Gasteiger partial charge is 0.497 e. The minimum Gasteiger partial charge on any atom is -0.497 e. The van der Waals surface area contributed by atoms with Crippen LogP contribution in [0.15, 0.2) is 77.7 Å². The molecule has 0 atom stereocenters. The number of amides is 2. The summed E-state index contributed by atoms with van der Waals surface area (Å²) in [4.78, 5) is 24.3. The van der Waals surface area contributed by atoms with Gasteiger partial charge in [0.2, 0.25) is 0 Å². The first-order chi connectivity index (χ1) is 16.3. The lowest BCUT2D eigenvalue weighted by molar-refractivity contribution is -0.120. The van der Waals surface area contributed by atoms with E-state index in [0.717, 1.165) is 0 Å². The third-order valence-electron chi connectivity index (χ3n) is 4.53. The quantitative estimate of drug-likeness (QED) is 0.362. The van der Waals surface area contributed by atoms with Gasteiger partial charge in [-0.25, -0.2) is 8.42 Å². The Hall–Kier alpha value is -4.56. The number of benzene rings is 3. The maximum Gasteiger partial charge on any atom is 0.269 e. The van der Waals surface area contributed by atoms with E-state index in [1.54, 1.807) is 48.5 Å². The van der Waals surface area contributed by atoms with E-state index in [9.17, 15) is 18.0 Å². The van der Waals surface area contributed by atoms with Crippen molar-refractivity contribution in [1.82, 2.24) is 10.9 Å². The predicted molar refractivity (Wildman–Crippen MR) is 126 cm³/mol. The van der Waals surface area contributed by atoms with Gasteiger partial charge in [-0.3, -0.25) is 25.2 Å². The maximum absolute atomic E-state index is 12.7. The highest BCUT2D eigenvalue weighted by Gasteiger charge is 2.17. The number of methoxy groups -OCH3 is 1. The molecule has 0 heterocycles. The Bertz CT molecular complexity index is 1320. The summed E-state index contributed by atoms with van der Waals surface area (Å²) < 4.78 is 32.9. The van der Waals surface area contributed by atoms with E-state index in [2.05, 4.69) is 20.9 Å². The third-order valence-corrected chi connectivity index (χ3v) is 5.91. The average molecular weight is 480 g/mol. The first-order valence-electron chi connectivity index (χ1n) is 9.91. The van der Waals surface area contributed by atoms with E-state index in [1.165, 1.54) is 31.4 Å². The minimum atomic E-state index is -3.95. The number of nitriles is 1. The summed E-state index contributed by atoms with van der Waals surface area (Å²) in [5.41, 5.74) is 5.99. The van der Waals surface area contributed by atoms with Crippen molar-refractivity contribution in [3.63, 3.8) is 0 Å². The molecule has 34 heavy (non-hydrogen) atoms. The van der Waals surface area contributed by atoms with E-state index >= 15 is 0 Å². The second kappa shape index (κ2) is 10.8.